The molecule has 94 valence electrons. The molecule has 4 nitrogen and oxygen atoms in total. The fraction of sp³-hybridized carbons (Fsp3) is 0.667. The molecule has 5 heteroatoms. The highest BCUT2D eigenvalue weighted by Gasteiger charge is 2.15. The molecule has 1 aliphatic heterocycles. The fourth-order valence-electron chi connectivity index (χ4n) is 2.02. The maximum absolute atomic E-state index is 11.7. The zero-order valence-corrected chi connectivity index (χ0v) is 11.2. The summed E-state index contributed by atoms with van der Waals surface area (Å²) in [5.74, 6) is 0.0763. The number of anilines is 1. The molecule has 0 spiro atoms. The molecule has 1 aromatic heterocycles. The van der Waals surface area contributed by atoms with Crippen molar-refractivity contribution in [2.24, 2.45) is 0 Å². The number of thiazole rings is 1. The molecule has 1 atom stereocenters. The Bertz CT molecular complexity index is 377. The Morgan fingerprint density at radius 1 is 1.59 bits per heavy atom. The van der Waals surface area contributed by atoms with Crippen LogP contribution in [0.1, 0.15) is 36.3 Å². The summed E-state index contributed by atoms with van der Waals surface area (Å²) in [5.41, 5.74) is 1.00. The second-order valence-corrected chi connectivity index (χ2v) is 5.74. The first kappa shape index (κ1) is 12.5. The average molecular weight is 253 g/mol. The lowest BCUT2D eigenvalue weighted by Gasteiger charge is -2.08. The number of carbonyl (C=O) groups excluding carboxylic acids is 1. The third kappa shape index (κ3) is 3.51. The Kier molecular flexibility index (Phi) is 4.12. The predicted octanol–water partition coefficient (Wildman–Crippen LogP) is 2.23. The number of hydrogen-bond donors (Lipinski definition) is 2. The minimum absolute atomic E-state index is 0.0763. The molecule has 1 amide bonds. The molecule has 1 fully saturated rings. The number of aromatic nitrogens is 1. The number of nitrogens with one attached hydrogen (secondary N) is 2. The van der Waals surface area contributed by atoms with Crippen molar-refractivity contribution in [3.8, 4) is 0 Å². The summed E-state index contributed by atoms with van der Waals surface area (Å²) in [4.78, 5) is 17.2. The summed E-state index contributed by atoms with van der Waals surface area (Å²) in [5, 5.41) is 6.99. The smallest absolute Gasteiger partial charge is 0.226 e. The lowest BCUT2D eigenvalue weighted by Crippen LogP contribution is -2.23. The van der Waals surface area contributed by atoms with Crippen LogP contribution in [0, 0.1) is 13.8 Å². The van der Waals surface area contributed by atoms with E-state index >= 15 is 0 Å². The van der Waals surface area contributed by atoms with Crippen LogP contribution < -0.4 is 10.6 Å². The van der Waals surface area contributed by atoms with Crippen molar-refractivity contribution in [1.29, 1.82) is 0 Å². The molecule has 1 unspecified atom stereocenters. The molecular weight excluding hydrogens is 234 g/mol. The highest BCUT2D eigenvalue weighted by Crippen LogP contribution is 2.21. The van der Waals surface area contributed by atoms with Crippen LogP contribution in [0.25, 0.3) is 0 Å². The molecule has 1 saturated heterocycles. The summed E-state index contributed by atoms with van der Waals surface area (Å²) in [6, 6.07) is 0.528. The Morgan fingerprint density at radius 3 is 3.00 bits per heavy atom. The van der Waals surface area contributed by atoms with Gasteiger partial charge >= 0.3 is 0 Å². The molecule has 0 saturated carbocycles. The first-order valence-electron chi connectivity index (χ1n) is 6.12. The van der Waals surface area contributed by atoms with Gasteiger partial charge in [0.25, 0.3) is 0 Å². The molecule has 0 bridgehead atoms. The van der Waals surface area contributed by atoms with Gasteiger partial charge in [-0.2, -0.15) is 0 Å². The molecule has 0 radical (unpaired) electrons. The lowest BCUT2D eigenvalue weighted by atomic mass is 10.1. The first-order valence-corrected chi connectivity index (χ1v) is 6.94. The standard InChI is InChI=1S/C12H19N3OS/c1-8-9(2)17-12(14-8)15-11(16)6-5-10-4-3-7-13-10/h10,13H,3-7H2,1-2H3,(H,14,15,16). The van der Waals surface area contributed by atoms with E-state index in [0.717, 1.165) is 28.7 Å². The molecule has 2 rings (SSSR count). The van der Waals surface area contributed by atoms with Crippen LogP contribution in [0.4, 0.5) is 5.13 Å². The topological polar surface area (TPSA) is 54.0 Å². The maximum atomic E-state index is 11.7. The van der Waals surface area contributed by atoms with Gasteiger partial charge in [0.2, 0.25) is 5.91 Å². The van der Waals surface area contributed by atoms with Gasteiger partial charge in [-0.15, -0.1) is 11.3 Å². The zero-order valence-electron chi connectivity index (χ0n) is 10.4. The van der Waals surface area contributed by atoms with Gasteiger partial charge in [-0.25, -0.2) is 4.98 Å². The minimum Gasteiger partial charge on any atom is -0.314 e. The van der Waals surface area contributed by atoms with E-state index < -0.39 is 0 Å². The van der Waals surface area contributed by atoms with Gasteiger partial charge in [0.05, 0.1) is 5.69 Å². The fourth-order valence-corrected chi connectivity index (χ4v) is 2.85. The minimum atomic E-state index is 0.0763. The molecule has 17 heavy (non-hydrogen) atoms. The van der Waals surface area contributed by atoms with Crippen LogP contribution in [-0.4, -0.2) is 23.5 Å². The highest BCUT2D eigenvalue weighted by atomic mass is 32.1. The van der Waals surface area contributed by atoms with Crippen LogP contribution in [0.15, 0.2) is 0 Å². The van der Waals surface area contributed by atoms with E-state index in [4.69, 9.17) is 0 Å². The van der Waals surface area contributed by atoms with E-state index in [-0.39, 0.29) is 5.91 Å². The van der Waals surface area contributed by atoms with Crippen LogP contribution in [-0.2, 0) is 4.79 Å². The Morgan fingerprint density at radius 2 is 2.41 bits per heavy atom. The Hall–Kier alpha value is -0.940. The number of carbonyl (C=O) groups is 1. The summed E-state index contributed by atoms with van der Waals surface area (Å²) in [6.07, 6.45) is 3.93. The monoisotopic (exact) mass is 253 g/mol. The number of aryl methyl sites for hydroxylation is 2. The number of hydrogen-bond acceptors (Lipinski definition) is 4. The van der Waals surface area contributed by atoms with Gasteiger partial charge < -0.3 is 10.6 Å². The molecule has 1 aliphatic rings. The van der Waals surface area contributed by atoms with Crippen LogP contribution in [0.3, 0.4) is 0 Å². The van der Waals surface area contributed by atoms with Crippen LogP contribution in [0.2, 0.25) is 0 Å². The van der Waals surface area contributed by atoms with E-state index in [9.17, 15) is 4.79 Å². The molecule has 0 aromatic carbocycles. The van der Waals surface area contributed by atoms with Crippen molar-refractivity contribution in [1.82, 2.24) is 10.3 Å². The van der Waals surface area contributed by atoms with Crippen molar-refractivity contribution in [2.45, 2.75) is 45.6 Å². The van der Waals surface area contributed by atoms with Crippen molar-refractivity contribution in [3.05, 3.63) is 10.6 Å². The number of amides is 1. The van der Waals surface area contributed by atoms with Crippen LogP contribution >= 0.6 is 11.3 Å². The summed E-state index contributed by atoms with van der Waals surface area (Å²) in [7, 11) is 0. The van der Waals surface area contributed by atoms with Gasteiger partial charge in [-0.05, 0) is 39.7 Å². The van der Waals surface area contributed by atoms with Crippen LogP contribution in [0.5, 0.6) is 0 Å². The number of nitrogens with zero attached hydrogens (tertiary/aromatic N) is 1. The Labute approximate surface area is 106 Å². The normalized spacial score (nSPS) is 19.5. The summed E-state index contributed by atoms with van der Waals surface area (Å²) in [6.45, 7) is 5.08. The molecule has 2 N–H and O–H groups in total. The molecular formula is C12H19N3OS. The lowest BCUT2D eigenvalue weighted by molar-refractivity contribution is -0.116. The summed E-state index contributed by atoms with van der Waals surface area (Å²) < 4.78 is 0. The van der Waals surface area contributed by atoms with Crippen molar-refractivity contribution in [3.63, 3.8) is 0 Å². The average Bonchev–Trinajstić information content (AvgIpc) is 2.87. The Balaban J connectivity index is 1.76. The summed E-state index contributed by atoms with van der Waals surface area (Å²) >= 11 is 1.54. The van der Waals surface area contributed by atoms with E-state index in [0.29, 0.717) is 12.5 Å². The quantitative estimate of drug-likeness (QED) is 0.865. The largest absolute Gasteiger partial charge is 0.314 e. The SMILES string of the molecule is Cc1nc(NC(=O)CCC2CCCN2)sc1C. The van der Waals surface area contributed by atoms with Gasteiger partial charge in [-0.1, -0.05) is 0 Å². The van der Waals surface area contributed by atoms with E-state index in [1.807, 2.05) is 13.8 Å². The van der Waals surface area contributed by atoms with Gasteiger partial charge in [-0.3, -0.25) is 4.79 Å². The molecule has 1 aromatic rings. The molecule has 0 aliphatic carbocycles. The second-order valence-electron chi connectivity index (χ2n) is 4.54. The van der Waals surface area contributed by atoms with Crippen molar-refractivity contribution in [2.75, 3.05) is 11.9 Å². The highest BCUT2D eigenvalue weighted by molar-refractivity contribution is 7.15. The van der Waals surface area contributed by atoms with Gasteiger partial charge in [0, 0.05) is 17.3 Å². The van der Waals surface area contributed by atoms with E-state index in [1.54, 1.807) is 11.3 Å². The third-order valence-electron chi connectivity index (χ3n) is 3.16. The predicted molar refractivity (Wildman–Crippen MR) is 70.5 cm³/mol. The van der Waals surface area contributed by atoms with Crippen molar-refractivity contribution < 1.29 is 4.79 Å². The van der Waals surface area contributed by atoms with E-state index in [1.165, 1.54) is 12.8 Å². The zero-order chi connectivity index (χ0) is 12.3. The first-order chi connectivity index (χ1) is 8.15. The second kappa shape index (κ2) is 5.60. The third-order valence-corrected chi connectivity index (χ3v) is 4.15. The van der Waals surface area contributed by atoms with E-state index in [2.05, 4.69) is 15.6 Å². The van der Waals surface area contributed by atoms with Gasteiger partial charge in [0.15, 0.2) is 5.13 Å². The molecule has 2 heterocycles. The number of rotatable bonds is 4. The van der Waals surface area contributed by atoms with Crippen molar-refractivity contribution >= 4 is 22.4 Å². The van der Waals surface area contributed by atoms with Gasteiger partial charge in [0.1, 0.15) is 0 Å². The maximum Gasteiger partial charge on any atom is 0.226 e.